The molecular formula is C39H37F2N15O2. The number of anilines is 6. The zero-order valence-corrected chi connectivity index (χ0v) is 31.6. The summed E-state index contributed by atoms with van der Waals surface area (Å²) >= 11 is 0. The van der Waals surface area contributed by atoms with E-state index in [-0.39, 0.29) is 23.1 Å². The Balaban J connectivity index is 0.000000188. The molecule has 58 heavy (non-hydrogen) atoms. The number of rotatable bonds is 6. The van der Waals surface area contributed by atoms with Crippen LogP contribution < -0.4 is 32.7 Å². The van der Waals surface area contributed by atoms with Crippen LogP contribution >= 0.6 is 0 Å². The highest BCUT2D eigenvalue weighted by atomic mass is 19.1. The number of amides is 4. The monoisotopic (exact) mass is 785 g/mol. The van der Waals surface area contributed by atoms with E-state index in [4.69, 9.17) is 11.5 Å². The fraction of sp³-hybridized carbons (Fsp3) is 0.103. The number of hydrogen-bond acceptors (Lipinski definition) is 11. The van der Waals surface area contributed by atoms with E-state index in [1.54, 1.807) is 64.7 Å². The second-order valence-corrected chi connectivity index (χ2v) is 12.2. The van der Waals surface area contributed by atoms with Gasteiger partial charge >= 0.3 is 12.1 Å². The van der Waals surface area contributed by atoms with Crippen LogP contribution in [0.5, 0.6) is 0 Å². The lowest BCUT2D eigenvalue weighted by Crippen LogP contribution is -2.21. The molecule has 0 bridgehead atoms. The number of fused-ring (bicyclic) bond motifs is 2. The number of aromatic nitrogens is 9. The zero-order chi connectivity index (χ0) is 41.3. The third-order valence-corrected chi connectivity index (χ3v) is 8.16. The summed E-state index contributed by atoms with van der Waals surface area (Å²) in [6.07, 6.45) is 8.06. The number of nitrogens with two attached hydrogens (primary N) is 2. The molecule has 0 aliphatic rings. The van der Waals surface area contributed by atoms with Gasteiger partial charge in [-0.25, -0.2) is 37.4 Å². The van der Waals surface area contributed by atoms with Gasteiger partial charge in [0.1, 0.15) is 22.7 Å². The third-order valence-electron chi connectivity index (χ3n) is 8.16. The van der Waals surface area contributed by atoms with Crippen LogP contribution in [0, 0.1) is 25.5 Å². The van der Waals surface area contributed by atoms with Crippen molar-refractivity contribution in [2.45, 2.75) is 27.7 Å². The molecule has 19 heteroatoms. The van der Waals surface area contributed by atoms with Gasteiger partial charge in [0.2, 0.25) is 5.95 Å². The number of halogens is 2. The van der Waals surface area contributed by atoms with Crippen LogP contribution in [0.25, 0.3) is 33.4 Å². The molecule has 2 aromatic carbocycles. The topological polar surface area (TPSA) is 233 Å². The molecule has 4 amide bonds. The number of nitrogens with one attached hydrogen (secondary N) is 4. The Bertz CT molecular complexity index is 2530. The van der Waals surface area contributed by atoms with E-state index in [2.05, 4.69) is 56.8 Å². The van der Waals surface area contributed by atoms with Crippen molar-refractivity contribution in [1.82, 2.24) is 44.6 Å². The molecule has 17 nitrogen and oxygen atoms in total. The highest BCUT2D eigenvalue weighted by Crippen LogP contribution is 2.28. The predicted molar refractivity (Wildman–Crippen MR) is 218 cm³/mol. The quantitative estimate of drug-likeness (QED) is 0.0975. The summed E-state index contributed by atoms with van der Waals surface area (Å²) in [7, 11) is 0. The summed E-state index contributed by atoms with van der Waals surface area (Å²) in [6, 6.07) is 18.5. The van der Waals surface area contributed by atoms with E-state index in [0.29, 0.717) is 33.8 Å². The van der Waals surface area contributed by atoms with Gasteiger partial charge in [0, 0.05) is 41.5 Å². The lowest BCUT2D eigenvalue weighted by molar-refractivity contribution is 0.261. The standard InChI is InChI=1S/C19H16FN7O.C18H15FN8O.C2H6/c1-11-4-6-14(20)16(9-11)24-19(28)23-12-5-7-15(22-10-12)13-3-2-8-27-17(13)18(21)25-26-27;1-10-4-5-13(19)14(7-10)23-18(28)24-17-21-8-11(9-22-17)12-3-2-6-27-15(12)16(20)25-26-27;1-2/h2-10H,21H2,1H3,(H2,23,24,28);2-9H,20H2,1H3,(H2,21,22,23,24,28);1-2H3. The maximum absolute atomic E-state index is 13.8. The van der Waals surface area contributed by atoms with E-state index in [1.807, 2.05) is 39.0 Å². The summed E-state index contributed by atoms with van der Waals surface area (Å²) in [5.74, 6) is -0.371. The summed E-state index contributed by atoms with van der Waals surface area (Å²) in [6.45, 7) is 7.61. The molecule has 0 saturated carbocycles. The SMILES string of the molecule is CC.Cc1ccc(F)c(NC(=O)Nc2ccc(-c3cccn4nnc(N)c34)nc2)c1.Cc1ccc(F)c(NC(=O)Nc2ncc(-c3cccn4nnc(N)c34)cn2)c1. The molecule has 0 saturated heterocycles. The molecule has 0 atom stereocenters. The first-order chi connectivity index (χ1) is 28.0. The van der Waals surface area contributed by atoms with E-state index < -0.39 is 23.7 Å². The number of carbonyl (C=O) groups is 2. The molecule has 0 fully saturated rings. The van der Waals surface area contributed by atoms with Crippen molar-refractivity contribution in [3.8, 4) is 22.4 Å². The van der Waals surface area contributed by atoms with Crippen molar-refractivity contribution >= 4 is 57.7 Å². The van der Waals surface area contributed by atoms with Gasteiger partial charge in [0.25, 0.3) is 0 Å². The van der Waals surface area contributed by atoms with Crippen molar-refractivity contribution in [2.75, 3.05) is 32.7 Å². The minimum atomic E-state index is -0.649. The summed E-state index contributed by atoms with van der Waals surface area (Å²) in [4.78, 5) is 36.8. The molecule has 0 radical (unpaired) electrons. The van der Waals surface area contributed by atoms with Gasteiger partial charge in [-0.3, -0.25) is 10.3 Å². The lowest BCUT2D eigenvalue weighted by atomic mass is 10.1. The highest BCUT2D eigenvalue weighted by Gasteiger charge is 2.14. The van der Waals surface area contributed by atoms with Crippen LogP contribution in [0.1, 0.15) is 25.0 Å². The normalized spacial score (nSPS) is 10.5. The van der Waals surface area contributed by atoms with Gasteiger partial charge < -0.3 is 27.4 Å². The van der Waals surface area contributed by atoms with Crippen LogP contribution in [0.2, 0.25) is 0 Å². The molecular weight excluding hydrogens is 749 g/mol. The number of carbonyl (C=O) groups excluding carboxylic acids is 2. The molecule has 8 N–H and O–H groups in total. The number of nitrogen functional groups attached to an aromatic ring is 2. The van der Waals surface area contributed by atoms with E-state index in [0.717, 1.165) is 22.3 Å². The predicted octanol–water partition coefficient (Wildman–Crippen LogP) is 7.35. The average Bonchev–Trinajstić information content (AvgIpc) is 3.81. The maximum atomic E-state index is 13.8. The van der Waals surface area contributed by atoms with Crippen LogP contribution in [0.3, 0.4) is 0 Å². The second-order valence-electron chi connectivity index (χ2n) is 12.2. The van der Waals surface area contributed by atoms with Gasteiger partial charge in [-0.1, -0.05) is 42.5 Å². The van der Waals surface area contributed by atoms with E-state index in [1.165, 1.54) is 36.8 Å². The molecule has 0 spiro atoms. The van der Waals surface area contributed by atoms with E-state index >= 15 is 0 Å². The van der Waals surface area contributed by atoms with Gasteiger partial charge in [-0.2, -0.15) is 0 Å². The molecule has 0 aliphatic heterocycles. The van der Waals surface area contributed by atoms with Crippen LogP contribution in [0.4, 0.5) is 53.0 Å². The van der Waals surface area contributed by atoms with Gasteiger partial charge in [-0.05, 0) is 79.6 Å². The lowest BCUT2D eigenvalue weighted by Gasteiger charge is -2.10. The first-order valence-electron chi connectivity index (χ1n) is 17.7. The Morgan fingerprint density at radius 2 is 1.14 bits per heavy atom. The smallest absolute Gasteiger partial charge is 0.326 e. The highest BCUT2D eigenvalue weighted by molar-refractivity contribution is 6.00. The minimum Gasteiger partial charge on any atom is -0.380 e. The van der Waals surface area contributed by atoms with Crippen LogP contribution in [-0.4, -0.2) is 56.7 Å². The first kappa shape index (κ1) is 39.6. The number of urea groups is 2. The van der Waals surface area contributed by atoms with E-state index in [9.17, 15) is 18.4 Å². The molecule has 0 unspecified atom stereocenters. The Hall–Kier alpha value is -8.09. The second kappa shape index (κ2) is 17.6. The molecule has 8 rings (SSSR count). The Labute approximate surface area is 329 Å². The summed E-state index contributed by atoms with van der Waals surface area (Å²) in [5.41, 5.74) is 18.2. The van der Waals surface area contributed by atoms with Gasteiger partial charge in [0.05, 0.1) is 29.0 Å². The minimum absolute atomic E-state index is 0.0702. The fourth-order valence-electron chi connectivity index (χ4n) is 5.55. The first-order valence-corrected chi connectivity index (χ1v) is 17.7. The van der Waals surface area contributed by atoms with Gasteiger partial charge in [-0.15, -0.1) is 10.2 Å². The molecule has 8 aromatic rings. The van der Waals surface area contributed by atoms with Crippen LogP contribution in [0.15, 0.2) is 104 Å². The molecule has 6 heterocycles. The Morgan fingerprint density at radius 3 is 1.67 bits per heavy atom. The number of nitrogens with zero attached hydrogens (tertiary/aromatic N) is 9. The van der Waals surface area contributed by atoms with Crippen molar-refractivity contribution in [3.63, 3.8) is 0 Å². The molecule has 6 aromatic heterocycles. The molecule has 294 valence electrons. The maximum Gasteiger partial charge on any atom is 0.326 e. The van der Waals surface area contributed by atoms with Gasteiger partial charge in [0.15, 0.2) is 11.6 Å². The summed E-state index contributed by atoms with van der Waals surface area (Å²) in [5, 5.41) is 25.6. The van der Waals surface area contributed by atoms with Crippen molar-refractivity contribution in [3.05, 3.63) is 127 Å². The third kappa shape index (κ3) is 9.05. The Kier molecular flexibility index (Phi) is 12.0. The fourth-order valence-corrected chi connectivity index (χ4v) is 5.55. The average molecular weight is 786 g/mol. The van der Waals surface area contributed by atoms with Crippen molar-refractivity contribution < 1.29 is 18.4 Å². The zero-order valence-electron chi connectivity index (χ0n) is 31.6. The number of aryl methyl sites for hydroxylation is 2. The van der Waals surface area contributed by atoms with Crippen molar-refractivity contribution in [1.29, 1.82) is 0 Å². The largest absolute Gasteiger partial charge is 0.380 e. The molecule has 0 aliphatic carbocycles. The number of pyridine rings is 3. The van der Waals surface area contributed by atoms with Crippen molar-refractivity contribution in [2.24, 2.45) is 0 Å². The number of benzene rings is 2. The Morgan fingerprint density at radius 1 is 0.621 bits per heavy atom. The number of hydrogen-bond donors (Lipinski definition) is 6. The summed E-state index contributed by atoms with van der Waals surface area (Å²) < 4.78 is 30.6. The van der Waals surface area contributed by atoms with Crippen LogP contribution in [-0.2, 0) is 0 Å².